The summed E-state index contributed by atoms with van der Waals surface area (Å²) >= 11 is 7.50. The van der Waals surface area contributed by atoms with Crippen LogP contribution in [-0.4, -0.2) is 54.3 Å². The summed E-state index contributed by atoms with van der Waals surface area (Å²) in [6, 6.07) is 13.7. The number of nitrogens with zero attached hydrogens (tertiary/aromatic N) is 4. The van der Waals surface area contributed by atoms with Gasteiger partial charge in [0.1, 0.15) is 6.54 Å². The Balaban J connectivity index is 1.19. The van der Waals surface area contributed by atoms with Crippen LogP contribution < -0.4 is 9.62 Å². The van der Waals surface area contributed by atoms with E-state index in [-0.39, 0.29) is 34.8 Å². The Labute approximate surface area is 217 Å². The van der Waals surface area contributed by atoms with Gasteiger partial charge in [-0.2, -0.15) is 0 Å². The number of sulfonamides is 1. The minimum absolute atomic E-state index is 0.0301. The van der Waals surface area contributed by atoms with Gasteiger partial charge >= 0.3 is 0 Å². The van der Waals surface area contributed by atoms with Gasteiger partial charge in [-0.15, -0.1) is 11.3 Å². The summed E-state index contributed by atoms with van der Waals surface area (Å²) in [6.45, 7) is 1.15. The number of halogens is 1. The van der Waals surface area contributed by atoms with Crippen LogP contribution in [0.1, 0.15) is 6.42 Å². The number of carbonyl (C=O) groups is 2. The molecule has 4 aromatic rings. The number of nitrogens with one attached hydrogen (secondary N) is 1. The van der Waals surface area contributed by atoms with Crippen LogP contribution in [-0.2, 0) is 26.2 Å². The summed E-state index contributed by atoms with van der Waals surface area (Å²) < 4.78 is 29.4. The SMILES string of the molecule is O=C(CCn1ccc2cccc(Cl)c21)N1CCN(c2ccc(S(=O)(=O)Nc3nccs3)cc2)C(=O)C1. The molecule has 0 unspecified atom stereocenters. The van der Waals surface area contributed by atoms with Crippen LogP contribution in [0.4, 0.5) is 10.8 Å². The number of hydrogen-bond donors (Lipinski definition) is 1. The molecular formula is C24H22ClN5O4S2. The first-order valence-corrected chi connectivity index (χ1v) is 13.9. The number of piperazine rings is 1. The van der Waals surface area contributed by atoms with Crippen molar-refractivity contribution in [1.29, 1.82) is 0 Å². The second kappa shape index (κ2) is 9.92. The molecule has 5 rings (SSSR count). The fourth-order valence-electron chi connectivity index (χ4n) is 4.19. The second-order valence-electron chi connectivity index (χ2n) is 8.23. The van der Waals surface area contributed by atoms with Crippen molar-refractivity contribution in [2.45, 2.75) is 17.9 Å². The number of fused-ring (bicyclic) bond motifs is 1. The van der Waals surface area contributed by atoms with E-state index in [1.165, 1.54) is 29.7 Å². The number of benzene rings is 2. The van der Waals surface area contributed by atoms with Crippen LogP contribution in [0.25, 0.3) is 10.9 Å². The van der Waals surface area contributed by atoms with Crippen molar-refractivity contribution in [2.75, 3.05) is 29.3 Å². The maximum atomic E-state index is 12.8. The number of amides is 2. The monoisotopic (exact) mass is 543 g/mol. The van der Waals surface area contributed by atoms with Gasteiger partial charge in [0.15, 0.2) is 5.13 Å². The molecule has 1 fully saturated rings. The molecule has 1 N–H and O–H groups in total. The van der Waals surface area contributed by atoms with Gasteiger partial charge in [0.2, 0.25) is 11.8 Å². The van der Waals surface area contributed by atoms with Gasteiger partial charge in [-0.3, -0.25) is 14.3 Å². The number of para-hydroxylation sites is 1. The largest absolute Gasteiger partial charge is 0.346 e. The summed E-state index contributed by atoms with van der Waals surface area (Å²) in [5.41, 5.74) is 1.47. The Bertz CT molecular complexity index is 1520. The highest BCUT2D eigenvalue weighted by molar-refractivity contribution is 7.93. The molecule has 0 atom stereocenters. The summed E-state index contributed by atoms with van der Waals surface area (Å²) in [7, 11) is -3.77. The molecule has 9 nitrogen and oxygen atoms in total. The molecule has 12 heteroatoms. The van der Waals surface area contributed by atoms with E-state index in [4.69, 9.17) is 11.6 Å². The van der Waals surface area contributed by atoms with Gasteiger partial charge in [0.05, 0.1) is 15.4 Å². The summed E-state index contributed by atoms with van der Waals surface area (Å²) in [5.74, 6) is -0.327. The number of rotatable bonds is 7. The normalized spacial score (nSPS) is 14.4. The van der Waals surface area contributed by atoms with Crippen molar-refractivity contribution in [3.63, 3.8) is 0 Å². The predicted octanol–water partition coefficient (Wildman–Crippen LogP) is 3.82. The average molecular weight is 544 g/mol. The zero-order valence-corrected chi connectivity index (χ0v) is 21.4. The number of hydrogen-bond acceptors (Lipinski definition) is 6. The van der Waals surface area contributed by atoms with Crippen molar-refractivity contribution in [3.8, 4) is 0 Å². The van der Waals surface area contributed by atoms with Gasteiger partial charge in [-0.1, -0.05) is 23.7 Å². The summed E-state index contributed by atoms with van der Waals surface area (Å²) in [5, 5.41) is 3.60. The van der Waals surface area contributed by atoms with E-state index < -0.39 is 10.0 Å². The topological polar surface area (TPSA) is 105 Å². The fraction of sp³-hybridized carbons (Fsp3) is 0.208. The second-order valence-corrected chi connectivity index (χ2v) is 11.2. The Morgan fingerprint density at radius 1 is 1.11 bits per heavy atom. The minimum Gasteiger partial charge on any atom is -0.346 e. The zero-order valence-electron chi connectivity index (χ0n) is 19.0. The lowest BCUT2D eigenvalue weighted by molar-refractivity contribution is -0.137. The zero-order chi connectivity index (χ0) is 25.3. The molecule has 0 spiro atoms. The van der Waals surface area contributed by atoms with Crippen molar-refractivity contribution >= 4 is 66.5 Å². The molecule has 2 amide bonds. The standard InChI is InChI=1S/C24H22ClN5O4S2/c25-20-3-1-2-17-8-11-28(23(17)20)12-9-21(31)29-13-14-30(22(32)16-29)18-4-6-19(7-5-18)36(33,34)27-24-26-10-15-35-24/h1-8,10-11,15H,9,12-14,16H2,(H,26,27). The van der Waals surface area contributed by atoms with E-state index in [0.717, 1.165) is 10.9 Å². The van der Waals surface area contributed by atoms with E-state index in [1.807, 2.05) is 35.0 Å². The quantitative estimate of drug-likeness (QED) is 0.381. The fourth-order valence-corrected chi connectivity index (χ4v) is 6.27. The lowest BCUT2D eigenvalue weighted by atomic mass is 10.2. The van der Waals surface area contributed by atoms with E-state index in [2.05, 4.69) is 9.71 Å². The number of thiazole rings is 1. The van der Waals surface area contributed by atoms with Crippen LogP contribution in [0.2, 0.25) is 5.02 Å². The van der Waals surface area contributed by atoms with Crippen LogP contribution in [0.5, 0.6) is 0 Å². The van der Waals surface area contributed by atoms with E-state index in [0.29, 0.717) is 30.3 Å². The first-order chi connectivity index (χ1) is 17.3. The molecule has 1 aliphatic heterocycles. The molecule has 186 valence electrons. The summed E-state index contributed by atoms with van der Waals surface area (Å²) in [6.07, 6.45) is 3.67. The van der Waals surface area contributed by atoms with Gasteiger partial charge in [-0.25, -0.2) is 13.4 Å². The van der Waals surface area contributed by atoms with Gasteiger partial charge in [0.25, 0.3) is 10.0 Å². The van der Waals surface area contributed by atoms with Gasteiger partial charge in [-0.05, 0) is 36.4 Å². The third-order valence-electron chi connectivity index (χ3n) is 5.99. The minimum atomic E-state index is -3.77. The van der Waals surface area contributed by atoms with Crippen LogP contribution in [0, 0.1) is 0 Å². The highest BCUT2D eigenvalue weighted by atomic mass is 35.5. The average Bonchev–Trinajstić information content (AvgIpc) is 3.53. The molecule has 0 bridgehead atoms. The molecule has 0 saturated carbocycles. The number of anilines is 2. The number of carbonyl (C=O) groups excluding carboxylic acids is 2. The molecule has 1 saturated heterocycles. The maximum absolute atomic E-state index is 12.8. The van der Waals surface area contributed by atoms with Crippen LogP contribution in [0.15, 0.2) is 71.2 Å². The Morgan fingerprint density at radius 2 is 1.92 bits per heavy atom. The molecule has 2 aromatic heterocycles. The maximum Gasteiger partial charge on any atom is 0.263 e. The smallest absolute Gasteiger partial charge is 0.263 e. The molecular weight excluding hydrogens is 522 g/mol. The van der Waals surface area contributed by atoms with E-state index in [9.17, 15) is 18.0 Å². The number of aryl methyl sites for hydroxylation is 1. The van der Waals surface area contributed by atoms with Crippen LogP contribution >= 0.6 is 22.9 Å². The highest BCUT2D eigenvalue weighted by Gasteiger charge is 2.28. The predicted molar refractivity (Wildman–Crippen MR) is 140 cm³/mol. The molecule has 36 heavy (non-hydrogen) atoms. The Morgan fingerprint density at radius 3 is 2.64 bits per heavy atom. The first-order valence-electron chi connectivity index (χ1n) is 11.2. The van der Waals surface area contributed by atoms with Gasteiger partial charge < -0.3 is 14.4 Å². The molecule has 0 radical (unpaired) electrons. The van der Waals surface area contributed by atoms with Crippen molar-refractivity contribution in [3.05, 3.63) is 71.3 Å². The molecule has 1 aliphatic rings. The Kier molecular flexibility index (Phi) is 6.69. The van der Waals surface area contributed by atoms with Gasteiger partial charge in [0, 0.05) is 54.9 Å². The van der Waals surface area contributed by atoms with E-state index >= 15 is 0 Å². The first kappa shape index (κ1) is 24.3. The molecule has 0 aliphatic carbocycles. The molecule has 3 heterocycles. The lowest BCUT2D eigenvalue weighted by Crippen LogP contribution is -2.52. The third-order valence-corrected chi connectivity index (χ3v) is 8.47. The third kappa shape index (κ3) is 4.95. The van der Waals surface area contributed by atoms with Crippen molar-refractivity contribution < 1.29 is 18.0 Å². The van der Waals surface area contributed by atoms with Crippen molar-refractivity contribution in [2.24, 2.45) is 0 Å². The van der Waals surface area contributed by atoms with Crippen LogP contribution in [0.3, 0.4) is 0 Å². The highest BCUT2D eigenvalue weighted by Crippen LogP contribution is 2.25. The summed E-state index contributed by atoms with van der Waals surface area (Å²) in [4.78, 5) is 32.8. The Hall–Kier alpha value is -3.41. The number of aromatic nitrogens is 2. The molecule has 2 aromatic carbocycles. The van der Waals surface area contributed by atoms with Crippen molar-refractivity contribution in [1.82, 2.24) is 14.5 Å². The lowest BCUT2D eigenvalue weighted by Gasteiger charge is -2.34. The van der Waals surface area contributed by atoms with E-state index in [1.54, 1.807) is 27.3 Å².